The standard InChI is InChI=1S/C19H21NO2/c1-3-22-19(21)12-9-16-7-10-18(11-8-16)20-14-17-6-4-5-15(2)13-17/h4-13,20H,3,14H2,1-2H3. The van der Waals surface area contributed by atoms with Gasteiger partial charge in [-0.15, -0.1) is 0 Å². The van der Waals surface area contributed by atoms with Crippen molar-refractivity contribution in [2.45, 2.75) is 20.4 Å². The highest BCUT2D eigenvalue weighted by Crippen LogP contribution is 2.13. The summed E-state index contributed by atoms with van der Waals surface area (Å²) >= 11 is 0. The first-order valence-electron chi connectivity index (χ1n) is 7.41. The van der Waals surface area contributed by atoms with Gasteiger partial charge in [0.05, 0.1) is 6.61 Å². The van der Waals surface area contributed by atoms with Gasteiger partial charge in [0.15, 0.2) is 0 Å². The summed E-state index contributed by atoms with van der Waals surface area (Å²) in [6.45, 7) is 5.07. The van der Waals surface area contributed by atoms with Crippen LogP contribution >= 0.6 is 0 Å². The topological polar surface area (TPSA) is 38.3 Å². The number of hydrogen-bond acceptors (Lipinski definition) is 3. The first-order chi connectivity index (χ1) is 10.7. The third kappa shape index (κ3) is 5.09. The first kappa shape index (κ1) is 15.8. The third-order valence-electron chi connectivity index (χ3n) is 3.19. The first-order valence-corrected chi connectivity index (χ1v) is 7.41. The fourth-order valence-corrected chi connectivity index (χ4v) is 2.09. The van der Waals surface area contributed by atoms with Gasteiger partial charge < -0.3 is 10.1 Å². The average Bonchev–Trinajstić information content (AvgIpc) is 2.52. The van der Waals surface area contributed by atoms with Crippen molar-refractivity contribution in [3.8, 4) is 0 Å². The van der Waals surface area contributed by atoms with Gasteiger partial charge in [0.1, 0.15) is 0 Å². The monoisotopic (exact) mass is 295 g/mol. The van der Waals surface area contributed by atoms with Crippen LogP contribution in [-0.2, 0) is 16.1 Å². The molecule has 0 heterocycles. The van der Waals surface area contributed by atoms with Crippen molar-refractivity contribution in [3.63, 3.8) is 0 Å². The second-order valence-electron chi connectivity index (χ2n) is 5.05. The van der Waals surface area contributed by atoms with E-state index in [1.807, 2.05) is 24.3 Å². The number of esters is 1. The van der Waals surface area contributed by atoms with Crippen LogP contribution in [0.5, 0.6) is 0 Å². The highest BCUT2D eigenvalue weighted by Gasteiger charge is 1.96. The summed E-state index contributed by atoms with van der Waals surface area (Å²) in [7, 11) is 0. The lowest BCUT2D eigenvalue weighted by Crippen LogP contribution is -1.99. The van der Waals surface area contributed by atoms with Crippen LogP contribution in [0.1, 0.15) is 23.6 Å². The summed E-state index contributed by atoms with van der Waals surface area (Å²) in [4.78, 5) is 11.2. The molecular formula is C19H21NO2. The normalized spacial score (nSPS) is 10.6. The SMILES string of the molecule is CCOC(=O)C=Cc1ccc(NCc2cccc(C)c2)cc1. The zero-order valence-corrected chi connectivity index (χ0v) is 13.0. The fourth-order valence-electron chi connectivity index (χ4n) is 2.09. The molecule has 0 spiro atoms. The van der Waals surface area contributed by atoms with Gasteiger partial charge >= 0.3 is 5.97 Å². The molecule has 0 aliphatic rings. The molecule has 0 aromatic heterocycles. The molecule has 0 aliphatic carbocycles. The third-order valence-corrected chi connectivity index (χ3v) is 3.19. The summed E-state index contributed by atoms with van der Waals surface area (Å²) in [5.74, 6) is -0.316. The van der Waals surface area contributed by atoms with Crippen molar-refractivity contribution in [3.05, 3.63) is 71.3 Å². The van der Waals surface area contributed by atoms with Gasteiger partial charge in [-0.25, -0.2) is 4.79 Å². The van der Waals surface area contributed by atoms with E-state index in [0.717, 1.165) is 17.8 Å². The number of benzene rings is 2. The van der Waals surface area contributed by atoms with E-state index in [0.29, 0.717) is 6.61 Å². The predicted octanol–water partition coefficient (Wildman–Crippen LogP) is 4.18. The van der Waals surface area contributed by atoms with Crippen molar-refractivity contribution in [2.75, 3.05) is 11.9 Å². The van der Waals surface area contributed by atoms with Gasteiger partial charge in [0, 0.05) is 18.3 Å². The summed E-state index contributed by atoms with van der Waals surface area (Å²) in [6.07, 6.45) is 3.20. The molecule has 1 N–H and O–H groups in total. The highest BCUT2D eigenvalue weighted by molar-refractivity contribution is 5.87. The fraction of sp³-hybridized carbons (Fsp3) is 0.211. The van der Waals surface area contributed by atoms with Gasteiger partial charge in [-0.05, 0) is 43.2 Å². The smallest absolute Gasteiger partial charge is 0.330 e. The van der Waals surface area contributed by atoms with E-state index in [1.165, 1.54) is 17.2 Å². The van der Waals surface area contributed by atoms with Crippen LogP contribution in [0.2, 0.25) is 0 Å². The number of anilines is 1. The predicted molar refractivity (Wildman–Crippen MR) is 90.6 cm³/mol. The molecule has 2 aromatic rings. The number of carbonyl (C=O) groups excluding carboxylic acids is 1. The Bertz CT molecular complexity index is 645. The van der Waals surface area contributed by atoms with E-state index in [2.05, 4.69) is 36.5 Å². The van der Waals surface area contributed by atoms with E-state index >= 15 is 0 Å². The lowest BCUT2D eigenvalue weighted by molar-refractivity contribution is -0.137. The molecule has 114 valence electrons. The Morgan fingerprint density at radius 1 is 1.18 bits per heavy atom. The second-order valence-corrected chi connectivity index (χ2v) is 5.05. The van der Waals surface area contributed by atoms with Crippen LogP contribution in [0.15, 0.2) is 54.6 Å². The van der Waals surface area contributed by atoms with Crippen LogP contribution in [0.3, 0.4) is 0 Å². The minimum atomic E-state index is -0.316. The molecule has 0 saturated heterocycles. The number of rotatable bonds is 6. The zero-order chi connectivity index (χ0) is 15.8. The Hall–Kier alpha value is -2.55. The quantitative estimate of drug-likeness (QED) is 0.641. The molecule has 3 heteroatoms. The molecule has 0 unspecified atom stereocenters. The lowest BCUT2D eigenvalue weighted by atomic mass is 10.1. The number of carbonyl (C=O) groups is 1. The number of nitrogens with one attached hydrogen (secondary N) is 1. The number of hydrogen-bond donors (Lipinski definition) is 1. The van der Waals surface area contributed by atoms with E-state index in [9.17, 15) is 4.79 Å². The van der Waals surface area contributed by atoms with E-state index in [4.69, 9.17) is 4.74 Å². The second kappa shape index (κ2) is 8.03. The van der Waals surface area contributed by atoms with Crippen molar-refractivity contribution >= 4 is 17.7 Å². The molecule has 0 saturated carbocycles. The summed E-state index contributed by atoms with van der Waals surface area (Å²) < 4.78 is 4.85. The lowest BCUT2D eigenvalue weighted by Gasteiger charge is -2.07. The summed E-state index contributed by atoms with van der Waals surface area (Å²) in [5.41, 5.74) is 4.54. The highest BCUT2D eigenvalue weighted by atomic mass is 16.5. The number of aryl methyl sites for hydroxylation is 1. The van der Waals surface area contributed by atoms with Crippen molar-refractivity contribution < 1.29 is 9.53 Å². The molecule has 22 heavy (non-hydrogen) atoms. The Morgan fingerprint density at radius 3 is 2.64 bits per heavy atom. The maximum atomic E-state index is 11.2. The zero-order valence-electron chi connectivity index (χ0n) is 13.0. The molecule has 0 aliphatic heterocycles. The molecule has 3 nitrogen and oxygen atoms in total. The minimum absolute atomic E-state index is 0.316. The Morgan fingerprint density at radius 2 is 1.95 bits per heavy atom. The van der Waals surface area contributed by atoms with Gasteiger partial charge in [-0.3, -0.25) is 0 Å². The largest absolute Gasteiger partial charge is 0.463 e. The molecule has 0 bridgehead atoms. The van der Waals surface area contributed by atoms with E-state index in [1.54, 1.807) is 13.0 Å². The average molecular weight is 295 g/mol. The van der Waals surface area contributed by atoms with Crippen molar-refractivity contribution in [2.24, 2.45) is 0 Å². The molecule has 0 amide bonds. The van der Waals surface area contributed by atoms with Crippen LogP contribution in [0.25, 0.3) is 6.08 Å². The summed E-state index contributed by atoms with van der Waals surface area (Å²) in [6, 6.07) is 16.4. The van der Waals surface area contributed by atoms with Gasteiger partial charge in [0.2, 0.25) is 0 Å². The molecular weight excluding hydrogens is 274 g/mol. The molecule has 0 radical (unpaired) electrons. The Labute approximate surface area is 131 Å². The molecule has 2 rings (SSSR count). The maximum Gasteiger partial charge on any atom is 0.330 e. The van der Waals surface area contributed by atoms with Crippen LogP contribution in [0, 0.1) is 6.92 Å². The molecule has 0 atom stereocenters. The van der Waals surface area contributed by atoms with E-state index < -0.39 is 0 Å². The van der Waals surface area contributed by atoms with Crippen LogP contribution in [-0.4, -0.2) is 12.6 Å². The Kier molecular flexibility index (Phi) is 5.78. The van der Waals surface area contributed by atoms with Gasteiger partial charge in [-0.2, -0.15) is 0 Å². The van der Waals surface area contributed by atoms with Gasteiger partial charge in [0.25, 0.3) is 0 Å². The number of ether oxygens (including phenoxy) is 1. The molecule has 2 aromatic carbocycles. The van der Waals surface area contributed by atoms with Crippen molar-refractivity contribution in [1.29, 1.82) is 0 Å². The van der Waals surface area contributed by atoms with Crippen molar-refractivity contribution in [1.82, 2.24) is 0 Å². The van der Waals surface area contributed by atoms with Crippen LogP contribution in [0.4, 0.5) is 5.69 Å². The minimum Gasteiger partial charge on any atom is -0.463 e. The molecule has 0 fully saturated rings. The maximum absolute atomic E-state index is 11.2. The summed E-state index contributed by atoms with van der Waals surface area (Å²) in [5, 5.41) is 3.38. The van der Waals surface area contributed by atoms with E-state index in [-0.39, 0.29) is 5.97 Å². The Balaban J connectivity index is 1.90. The van der Waals surface area contributed by atoms with Crippen LogP contribution < -0.4 is 5.32 Å². The van der Waals surface area contributed by atoms with Gasteiger partial charge in [-0.1, -0.05) is 42.0 Å².